The highest BCUT2D eigenvalue weighted by molar-refractivity contribution is 6.74. The fraction of sp³-hybridized carbons (Fsp3) is 0.857. The van der Waals surface area contributed by atoms with Crippen molar-refractivity contribution in [2.75, 3.05) is 13.2 Å². The van der Waals surface area contributed by atoms with Crippen molar-refractivity contribution in [1.82, 2.24) is 0 Å². The molecule has 0 aliphatic carbocycles. The number of rotatable bonds is 6. The molecule has 0 heterocycles. The van der Waals surface area contributed by atoms with Crippen LogP contribution in [0.5, 0.6) is 0 Å². The van der Waals surface area contributed by atoms with E-state index in [1.807, 2.05) is 0 Å². The molecule has 19 heavy (non-hydrogen) atoms. The number of Topliss-reactive ketones (excluding diaryl/α,β-unsaturated/α-hetero) is 2. The van der Waals surface area contributed by atoms with Gasteiger partial charge in [-0.2, -0.15) is 0 Å². The van der Waals surface area contributed by atoms with Gasteiger partial charge in [0, 0.05) is 26.1 Å². The first-order valence-electron chi connectivity index (χ1n) is 6.67. The minimum absolute atomic E-state index is 0.0185. The van der Waals surface area contributed by atoms with Crippen molar-refractivity contribution >= 4 is 19.9 Å². The van der Waals surface area contributed by atoms with Crippen LogP contribution in [0.1, 0.15) is 47.5 Å². The summed E-state index contributed by atoms with van der Waals surface area (Å²) in [5, 5.41) is 8.26. The summed E-state index contributed by atoms with van der Waals surface area (Å²) in [4.78, 5) is 20.6. The highest BCUT2D eigenvalue weighted by Crippen LogP contribution is 2.36. The Bertz CT molecular complexity index is 280. The van der Waals surface area contributed by atoms with Gasteiger partial charge in [-0.3, -0.25) is 9.59 Å². The van der Waals surface area contributed by atoms with Gasteiger partial charge >= 0.3 is 0 Å². The lowest BCUT2D eigenvalue weighted by Gasteiger charge is -2.36. The third-order valence-electron chi connectivity index (χ3n) is 3.19. The van der Waals surface area contributed by atoms with Crippen LogP contribution in [0.2, 0.25) is 18.1 Å². The zero-order chi connectivity index (χ0) is 15.7. The molecule has 0 saturated carbocycles. The Morgan fingerprint density at radius 1 is 1.05 bits per heavy atom. The molecule has 1 N–H and O–H groups in total. The highest BCUT2D eigenvalue weighted by atomic mass is 28.4. The topological polar surface area (TPSA) is 63.6 Å². The van der Waals surface area contributed by atoms with Gasteiger partial charge in [0.15, 0.2) is 8.32 Å². The van der Waals surface area contributed by atoms with Gasteiger partial charge in [0.1, 0.15) is 11.6 Å². The van der Waals surface area contributed by atoms with Crippen molar-refractivity contribution in [2.24, 2.45) is 0 Å². The van der Waals surface area contributed by atoms with Crippen molar-refractivity contribution in [2.45, 2.75) is 65.6 Å². The van der Waals surface area contributed by atoms with E-state index in [1.54, 1.807) is 6.92 Å². The van der Waals surface area contributed by atoms with Gasteiger partial charge in [0.05, 0.1) is 0 Å². The standard InChI is InChI=1S/C10H22O2Si.C4H8O2/c1-9(11)7-8-12-13(5,6)10(2,3)4;1-4(6)2-3-5/h7-8H2,1-6H3;5H,2-3H2,1H3. The van der Waals surface area contributed by atoms with Crippen molar-refractivity contribution in [1.29, 1.82) is 0 Å². The molecule has 0 unspecified atom stereocenters. The lowest BCUT2D eigenvalue weighted by Crippen LogP contribution is -2.41. The molecule has 0 fully saturated rings. The van der Waals surface area contributed by atoms with E-state index >= 15 is 0 Å². The quantitative estimate of drug-likeness (QED) is 0.764. The molecule has 0 aromatic heterocycles. The second kappa shape index (κ2) is 9.39. The summed E-state index contributed by atoms with van der Waals surface area (Å²) < 4.78 is 5.82. The summed E-state index contributed by atoms with van der Waals surface area (Å²) in [5.74, 6) is 0.246. The van der Waals surface area contributed by atoms with E-state index in [9.17, 15) is 9.59 Å². The van der Waals surface area contributed by atoms with Gasteiger partial charge in [-0.15, -0.1) is 0 Å². The summed E-state index contributed by atoms with van der Waals surface area (Å²) in [5.41, 5.74) is 0. The molecule has 0 amide bonds. The van der Waals surface area contributed by atoms with Crippen LogP contribution in [0.3, 0.4) is 0 Å². The molecule has 0 spiro atoms. The second-order valence-electron chi connectivity index (χ2n) is 6.24. The molecule has 4 nitrogen and oxygen atoms in total. The molecule has 0 saturated heterocycles. The largest absolute Gasteiger partial charge is 0.416 e. The van der Waals surface area contributed by atoms with Crippen LogP contribution < -0.4 is 0 Å². The molecular formula is C14H30O4Si. The van der Waals surface area contributed by atoms with Gasteiger partial charge < -0.3 is 9.53 Å². The van der Waals surface area contributed by atoms with Crippen LogP contribution in [0.4, 0.5) is 0 Å². The van der Waals surface area contributed by atoms with Crippen LogP contribution in [-0.4, -0.2) is 38.2 Å². The van der Waals surface area contributed by atoms with E-state index in [4.69, 9.17) is 9.53 Å². The fourth-order valence-corrected chi connectivity index (χ4v) is 1.87. The number of aliphatic hydroxyl groups is 1. The number of carbonyl (C=O) groups is 2. The van der Waals surface area contributed by atoms with E-state index in [1.165, 1.54) is 6.92 Å². The Labute approximate surface area is 118 Å². The van der Waals surface area contributed by atoms with Gasteiger partial charge in [-0.25, -0.2) is 0 Å². The maximum Gasteiger partial charge on any atom is 0.191 e. The predicted molar refractivity (Wildman–Crippen MR) is 80.8 cm³/mol. The van der Waals surface area contributed by atoms with Gasteiger partial charge in [-0.05, 0) is 32.0 Å². The van der Waals surface area contributed by atoms with Crippen molar-refractivity contribution in [3.8, 4) is 0 Å². The van der Waals surface area contributed by atoms with Crippen molar-refractivity contribution < 1.29 is 19.1 Å². The number of ketones is 2. The Balaban J connectivity index is 0. The number of aliphatic hydroxyl groups excluding tert-OH is 1. The highest BCUT2D eigenvalue weighted by Gasteiger charge is 2.36. The normalized spacial score (nSPS) is 11.6. The number of hydrogen-bond donors (Lipinski definition) is 1. The molecule has 0 rings (SSSR count). The number of hydrogen-bond acceptors (Lipinski definition) is 4. The lowest BCUT2D eigenvalue weighted by atomic mass is 10.2. The first kappa shape index (κ1) is 20.8. The summed E-state index contributed by atoms with van der Waals surface area (Å²) in [7, 11) is -1.62. The summed E-state index contributed by atoms with van der Waals surface area (Å²) >= 11 is 0. The second-order valence-corrected chi connectivity index (χ2v) is 11.0. The van der Waals surface area contributed by atoms with Crippen LogP contribution >= 0.6 is 0 Å². The van der Waals surface area contributed by atoms with E-state index in [-0.39, 0.29) is 23.2 Å². The Hall–Kier alpha value is -0.523. The minimum atomic E-state index is -1.62. The molecule has 0 bridgehead atoms. The van der Waals surface area contributed by atoms with Gasteiger partial charge in [0.25, 0.3) is 0 Å². The average Bonchev–Trinajstić information content (AvgIpc) is 2.15. The molecule has 0 aromatic rings. The minimum Gasteiger partial charge on any atom is -0.416 e. The first-order valence-corrected chi connectivity index (χ1v) is 9.58. The Morgan fingerprint density at radius 2 is 1.47 bits per heavy atom. The molecule has 0 aliphatic heterocycles. The zero-order valence-corrected chi connectivity index (χ0v) is 14.5. The Kier molecular flexibility index (Phi) is 10.3. The van der Waals surface area contributed by atoms with Crippen LogP contribution in [0, 0.1) is 0 Å². The van der Waals surface area contributed by atoms with Crippen molar-refractivity contribution in [3.63, 3.8) is 0 Å². The smallest absolute Gasteiger partial charge is 0.191 e. The van der Waals surface area contributed by atoms with Gasteiger partial charge in [-0.1, -0.05) is 20.8 Å². The molecule has 114 valence electrons. The average molecular weight is 290 g/mol. The maximum absolute atomic E-state index is 10.7. The molecule has 0 aromatic carbocycles. The lowest BCUT2D eigenvalue weighted by molar-refractivity contribution is -0.118. The van der Waals surface area contributed by atoms with E-state index in [2.05, 4.69) is 33.9 Å². The molecule has 0 radical (unpaired) electrons. The van der Waals surface area contributed by atoms with Crippen LogP contribution in [0.25, 0.3) is 0 Å². The predicted octanol–water partition coefficient (Wildman–Crippen LogP) is 2.95. The zero-order valence-electron chi connectivity index (χ0n) is 13.5. The van der Waals surface area contributed by atoms with E-state index < -0.39 is 8.32 Å². The molecular weight excluding hydrogens is 260 g/mol. The third-order valence-corrected chi connectivity index (χ3v) is 7.73. The fourth-order valence-electron chi connectivity index (χ4n) is 0.824. The van der Waals surface area contributed by atoms with Gasteiger partial charge in [0.2, 0.25) is 0 Å². The van der Waals surface area contributed by atoms with Crippen molar-refractivity contribution in [3.05, 3.63) is 0 Å². The number of carbonyl (C=O) groups excluding carboxylic acids is 2. The third kappa shape index (κ3) is 12.3. The maximum atomic E-state index is 10.7. The first-order chi connectivity index (χ1) is 8.44. The summed E-state index contributed by atoms with van der Waals surface area (Å²) in [6.07, 6.45) is 0.840. The Morgan fingerprint density at radius 3 is 1.68 bits per heavy atom. The summed E-state index contributed by atoms with van der Waals surface area (Å²) in [6.45, 7) is 14.6. The van der Waals surface area contributed by atoms with Crippen LogP contribution in [-0.2, 0) is 14.0 Å². The molecule has 0 atom stereocenters. The SMILES string of the molecule is CC(=O)CCO.CC(=O)CCO[Si](C)(C)C(C)(C)C. The van der Waals surface area contributed by atoms with Crippen LogP contribution in [0.15, 0.2) is 0 Å². The summed E-state index contributed by atoms with van der Waals surface area (Å²) in [6, 6.07) is 0. The van der Waals surface area contributed by atoms with E-state index in [0.29, 0.717) is 19.4 Å². The monoisotopic (exact) mass is 290 g/mol. The molecule has 5 heteroatoms. The van der Waals surface area contributed by atoms with E-state index in [0.717, 1.165) is 0 Å². The molecule has 0 aliphatic rings.